The Balaban J connectivity index is 2.80. The number of nitrogens with one attached hydrogen (secondary N) is 3. The van der Waals surface area contributed by atoms with Gasteiger partial charge in [0.2, 0.25) is 5.91 Å². The summed E-state index contributed by atoms with van der Waals surface area (Å²) in [4.78, 5) is 34.2. The lowest BCUT2D eigenvalue weighted by atomic mass is 10.1. The molecule has 114 valence electrons. The quantitative estimate of drug-likeness (QED) is 0.701. The lowest BCUT2D eigenvalue weighted by Gasteiger charge is -2.12. The van der Waals surface area contributed by atoms with Gasteiger partial charge in [-0.3, -0.25) is 10.1 Å². The van der Waals surface area contributed by atoms with Crippen molar-refractivity contribution in [2.45, 2.75) is 13.3 Å². The zero-order valence-corrected chi connectivity index (χ0v) is 12.3. The van der Waals surface area contributed by atoms with Gasteiger partial charge in [-0.05, 0) is 24.1 Å². The number of benzene rings is 1. The normalized spacial score (nSPS) is 9.67. The van der Waals surface area contributed by atoms with Crippen LogP contribution in [-0.4, -0.2) is 38.6 Å². The second-order valence-electron chi connectivity index (χ2n) is 4.21. The van der Waals surface area contributed by atoms with Crippen molar-refractivity contribution < 1.29 is 19.1 Å². The van der Waals surface area contributed by atoms with Crippen LogP contribution in [0, 0.1) is 0 Å². The van der Waals surface area contributed by atoms with E-state index in [0.717, 1.165) is 12.0 Å². The van der Waals surface area contributed by atoms with Crippen LogP contribution < -0.4 is 16.0 Å². The Bertz CT molecular complexity index is 543. The van der Waals surface area contributed by atoms with Crippen molar-refractivity contribution in [2.24, 2.45) is 0 Å². The fourth-order valence-corrected chi connectivity index (χ4v) is 1.65. The lowest BCUT2D eigenvalue weighted by Crippen LogP contribution is -2.40. The van der Waals surface area contributed by atoms with Crippen molar-refractivity contribution in [3.63, 3.8) is 0 Å². The number of aryl methyl sites for hydroxylation is 1. The fraction of sp³-hybridized carbons (Fsp3) is 0.357. The summed E-state index contributed by atoms with van der Waals surface area (Å²) in [7, 11) is 2.71. The average molecular weight is 293 g/mol. The molecule has 1 aromatic rings. The number of amides is 3. The Morgan fingerprint density at radius 2 is 1.95 bits per heavy atom. The summed E-state index contributed by atoms with van der Waals surface area (Å²) in [6.45, 7) is 1.84. The Kier molecular flexibility index (Phi) is 6.19. The minimum absolute atomic E-state index is 0.136. The number of imide groups is 1. The standard InChI is InChI=1S/C14H19N3O4/c1-4-9-5-6-11(10(7-9)13(19)21-3)16-8-12(18)17-14(20)15-2/h5-7,16H,4,8H2,1-3H3,(H2,15,17,18,20). The zero-order valence-electron chi connectivity index (χ0n) is 12.3. The van der Waals surface area contributed by atoms with Crippen LogP contribution in [0.2, 0.25) is 0 Å². The van der Waals surface area contributed by atoms with Crippen LogP contribution in [0.1, 0.15) is 22.8 Å². The van der Waals surface area contributed by atoms with Crippen LogP contribution in [0.4, 0.5) is 10.5 Å². The van der Waals surface area contributed by atoms with Gasteiger partial charge in [-0.1, -0.05) is 13.0 Å². The van der Waals surface area contributed by atoms with Crippen LogP contribution in [0.3, 0.4) is 0 Å². The van der Waals surface area contributed by atoms with E-state index < -0.39 is 17.9 Å². The van der Waals surface area contributed by atoms with Gasteiger partial charge in [-0.25, -0.2) is 9.59 Å². The third-order valence-electron chi connectivity index (χ3n) is 2.82. The van der Waals surface area contributed by atoms with E-state index in [9.17, 15) is 14.4 Å². The molecule has 0 fully saturated rings. The van der Waals surface area contributed by atoms with Crippen molar-refractivity contribution in [2.75, 3.05) is 26.0 Å². The van der Waals surface area contributed by atoms with Gasteiger partial charge in [0.25, 0.3) is 0 Å². The van der Waals surface area contributed by atoms with E-state index in [2.05, 4.69) is 16.0 Å². The largest absolute Gasteiger partial charge is 0.465 e. The van der Waals surface area contributed by atoms with Gasteiger partial charge in [0, 0.05) is 12.7 Å². The molecule has 0 bridgehead atoms. The van der Waals surface area contributed by atoms with Crippen LogP contribution in [-0.2, 0) is 16.0 Å². The molecule has 0 spiro atoms. The smallest absolute Gasteiger partial charge is 0.339 e. The van der Waals surface area contributed by atoms with Crippen LogP contribution in [0.25, 0.3) is 0 Å². The summed E-state index contributed by atoms with van der Waals surface area (Å²) in [5.74, 6) is -0.996. The number of carbonyl (C=O) groups excluding carboxylic acids is 3. The van der Waals surface area contributed by atoms with E-state index in [-0.39, 0.29) is 6.54 Å². The first-order valence-corrected chi connectivity index (χ1v) is 6.48. The molecule has 0 unspecified atom stereocenters. The van der Waals surface area contributed by atoms with Gasteiger partial charge in [-0.15, -0.1) is 0 Å². The summed E-state index contributed by atoms with van der Waals surface area (Å²) in [6, 6.07) is 4.69. The molecule has 0 heterocycles. The van der Waals surface area contributed by atoms with Crippen molar-refractivity contribution in [1.29, 1.82) is 0 Å². The molecule has 3 amide bonds. The summed E-state index contributed by atoms with van der Waals surface area (Å²) in [5, 5.41) is 7.21. The number of ether oxygens (including phenoxy) is 1. The van der Waals surface area contributed by atoms with E-state index in [1.54, 1.807) is 12.1 Å². The number of esters is 1. The Morgan fingerprint density at radius 3 is 2.52 bits per heavy atom. The van der Waals surface area contributed by atoms with E-state index in [1.807, 2.05) is 13.0 Å². The molecule has 0 saturated heterocycles. The van der Waals surface area contributed by atoms with Crippen LogP contribution in [0.5, 0.6) is 0 Å². The van der Waals surface area contributed by atoms with Gasteiger partial charge in [0.05, 0.1) is 19.2 Å². The number of hydrogen-bond donors (Lipinski definition) is 3. The summed E-state index contributed by atoms with van der Waals surface area (Å²) >= 11 is 0. The van der Waals surface area contributed by atoms with Crippen molar-refractivity contribution in [3.05, 3.63) is 29.3 Å². The first kappa shape index (κ1) is 16.5. The highest BCUT2D eigenvalue weighted by Gasteiger charge is 2.14. The molecule has 0 radical (unpaired) electrons. The molecule has 21 heavy (non-hydrogen) atoms. The zero-order chi connectivity index (χ0) is 15.8. The van der Waals surface area contributed by atoms with Gasteiger partial charge in [0.1, 0.15) is 0 Å². The van der Waals surface area contributed by atoms with Crippen molar-refractivity contribution in [1.82, 2.24) is 10.6 Å². The number of methoxy groups -OCH3 is 1. The molecule has 0 saturated carbocycles. The van der Waals surface area contributed by atoms with Crippen molar-refractivity contribution in [3.8, 4) is 0 Å². The number of urea groups is 1. The Labute approximate surface area is 123 Å². The molecule has 0 aromatic heterocycles. The van der Waals surface area contributed by atoms with Crippen LogP contribution in [0.15, 0.2) is 18.2 Å². The number of carbonyl (C=O) groups is 3. The minimum Gasteiger partial charge on any atom is -0.465 e. The highest BCUT2D eigenvalue weighted by molar-refractivity contribution is 5.98. The van der Waals surface area contributed by atoms with Gasteiger partial charge in [0.15, 0.2) is 0 Å². The molecule has 0 aliphatic heterocycles. The monoisotopic (exact) mass is 293 g/mol. The average Bonchev–Trinajstić information content (AvgIpc) is 2.51. The molecule has 0 atom stereocenters. The summed E-state index contributed by atoms with van der Waals surface area (Å²) in [6.07, 6.45) is 0.779. The highest BCUT2D eigenvalue weighted by Crippen LogP contribution is 2.19. The van der Waals surface area contributed by atoms with Gasteiger partial charge >= 0.3 is 12.0 Å². The molecule has 0 aliphatic carbocycles. The number of hydrogen-bond acceptors (Lipinski definition) is 5. The van der Waals surface area contributed by atoms with E-state index in [0.29, 0.717) is 11.3 Å². The first-order chi connectivity index (χ1) is 10.0. The van der Waals surface area contributed by atoms with Gasteiger partial charge < -0.3 is 15.4 Å². The van der Waals surface area contributed by atoms with Crippen molar-refractivity contribution >= 4 is 23.6 Å². The number of rotatable bonds is 5. The topological polar surface area (TPSA) is 96.5 Å². The predicted octanol–water partition coefficient (Wildman–Crippen LogP) is 0.903. The fourth-order valence-electron chi connectivity index (χ4n) is 1.65. The van der Waals surface area contributed by atoms with Crippen LogP contribution >= 0.6 is 0 Å². The SMILES string of the molecule is CCc1ccc(NCC(=O)NC(=O)NC)c(C(=O)OC)c1. The predicted molar refractivity (Wildman–Crippen MR) is 78.2 cm³/mol. The Hall–Kier alpha value is -2.57. The molecule has 1 aromatic carbocycles. The molecule has 0 aliphatic rings. The van der Waals surface area contributed by atoms with E-state index in [4.69, 9.17) is 4.74 Å². The highest BCUT2D eigenvalue weighted by atomic mass is 16.5. The Morgan fingerprint density at radius 1 is 1.24 bits per heavy atom. The minimum atomic E-state index is -0.587. The maximum absolute atomic E-state index is 11.7. The first-order valence-electron chi connectivity index (χ1n) is 6.48. The summed E-state index contributed by atoms with van der Waals surface area (Å²) < 4.78 is 4.72. The molecule has 3 N–H and O–H groups in total. The van der Waals surface area contributed by atoms with Gasteiger partial charge in [-0.2, -0.15) is 0 Å². The third kappa shape index (κ3) is 4.79. The second kappa shape index (κ2) is 7.88. The number of anilines is 1. The molecular formula is C14H19N3O4. The molecule has 7 heteroatoms. The molecule has 7 nitrogen and oxygen atoms in total. The summed E-state index contributed by atoms with van der Waals surface area (Å²) in [5.41, 5.74) is 1.81. The molecule has 1 rings (SSSR count). The maximum Gasteiger partial charge on any atom is 0.339 e. The van der Waals surface area contributed by atoms with E-state index in [1.165, 1.54) is 14.2 Å². The third-order valence-corrected chi connectivity index (χ3v) is 2.82. The van der Waals surface area contributed by atoms with E-state index >= 15 is 0 Å². The molecular weight excluding hydrogens is 274 g/mol. The lowest BCUT2D eigenvalue weighted by molar-refractivity contribution is -0.118. The second-order valence-corrected chi connectivity index (χ2v) is 4.21. The maximum atomic E-state index is 11.7.